The number of nitrogens with zero attached hydrogens (tertiary/aromatic N) is 6. The number of ether oxygens (including phenoxy) is 2. The summed E-state index contributed by atoms with van der Waals surface area (Å²) in [4.78, 5) is 22.8. The van der Waals surface area contributed by atoms with Gasteiger partial charge in [0.15, 0.2) is 0 Å². The first kappa shape index (κ1) is 32.5. The van der Waals surface area contributed by atoms with E-state index in [1.165, 1.54) is 5.69 Å². The summed E-state index contributed by atoms with van der Waals surface area (Å²) in [6.45, 7) is 9.18. The van der Waals surface area contributed by atoms with Crippen molar-refractivity contribution in [2.24, 2.45) is 18.9 Å². The molecule has 0 bridgehead atoms. The maximum atomic E-state index is 11.4. The number of hydrogen-bond acceptors (Lipinski definition) is 7. The van der Waals surface area contributed by atoms with Crippen molar-refractivity contribution in [2.45, 2.75) is 26.6 Å². The first-order valence-electron chi connectivity index (χ1n) is 17.2. The van der Waals surface area contributed by atoms with Crippen molar-refractivity contribution in [3.8, 4) is 23.0 Å². The third kappa shape index (κ3) is 7.49. The van der Waals surface area contributed by atoms with Gasteiger partial charge in [-0.3, -0.25) is 9.58 Å². The highest BCUT2D eigenvalue weighted by Gasteiger charge is 2.31. The molecule has 7 rings (SSSR count). The van der Waals surface area contributed by atoms with Gasteiger partial charge < -0.3 is 24.4 Å². The second-order valence-electron chi connectivity index (χ2n) is 13.3. The number of aryl methyl sites for hydroxylation is 1. The molecule has 2 aromatic heterocycles. The van der Waals surface area contributed by atoms with Gasteiger partial charge in [-0.2, -0.15) is 10.1 Å². The van der Waals surface area contributed by atoms with Gasteiger partial charge in [0.2, 0.25) is 11.8 Å². The number of pyridine rings is 1. The van der Waals surface area contributed by atoms with Gasteiger partial charge in [0.05, 0.1) is 11.1 Å². The fourth-order valence-electron chi connectivity index (χ4n) is 7.05. The van der Waals surface area contributed by atoms with E-state index in [9.17, 15) is 9.90 Å². The van der Waals surface area contributed by atoms with E-state index in [4.69, 9.17) is 19.6 Å². The van der Waals surface area contributed by atoms with Gasteiger partial charge in [0.25, 0.3) is 0 Å². The number of benzene rings is 3. The second kappa shape index (κ2) is 14.6. The molecule has 0 radical (unpaired) electrons. The van der Waals surface area contributed by atoms with E-state index in [0.717, 1.165) is 72.4 Å². The number of piperazine rings is 1. The molecule has 4 heterocycles. The maximum Gasteiger partial charge on any atom is 0.407 e. The van der Waals surface area contributed by atoms with Crippen LogP contribution < -0.4 is 14.4 Å². The zero-order chi connectivity index (χ0) is 33.7. The fourth-order valence-corrected chi connectivity index (χ4v) is 7.05. The molecule has 0 spiro atoms. The molecule has 2 aliphatic rings. The lowest BCUT2D eigenvalue weighted by Crippen LogP contribution is -2.50. The monoisotopic (exact) mass is 660 g/mol. The van der Waals surface area contributed by atoms with Gasteiger partial charge in [-0.15, -0.1) is 0 Å². The number of amides is 1. The molecule has 0 saturated carbocycles. The Kier molecular flexibility index (Phi) is 9.65. The average molecular weight is 661 g/mol. The average Bonchev–Trinajstić information content (AvgIpc) is 3.46. The lowest BCUT2D eigenvalue weighted by atomic mass is 9.86. The van der Waals surface area contributed by atoms with Crippen LogP contribution in [0, 0.1) is 11.8 Å². The minimum atomic E-state index is -0.799. The van der Waals surface area contributed by atoms with Crippen molar-refractivity contribution in [2.75, 3.05) is 50.7 Å². The first-order chi connectivity index (χ1) is 23.9. The quantitative estimate of drug-likeness (QED) is 0.180. The molecular weight excluding hydrogens is 616 g/mol. The van der Waals surface area contributed by atoms with Gasteiger partial charge >= 0.3 is 6.09 Å². The maximum absolute atomic E-state index is 11.4. The van der Waals surface area contributed by atoms with E-state index in [-0.39, 0.29) is 0 Å². The second-order valence-corrected chi connectivity index (χ2v) is 13.3. The molecule has 10 heteroatoms. The minimum Gasteiger partial charge on any atom is -0.473 e. The van der Waals surface area contributed by atoms with E-state index >= 15 is 0 Å². The number of piperidine rings is 1. The summed E-state index contributed by atoms with van der Waals surface area (Å²) in [6, 6.07) is 30.6. The van der Waals surface area contributed by atoms with Gasteiger partial charge in [-0.1, -0.05) is 67.6 Å². The number of likely N-dealkylation sites (tertiary alicyclic amines) is 1. The summed E-state index contributed by atoms with van der Waals surface area (Å²) >= 11 is 0. The van der Waals surface area contributed by atoms with E-state index in [0.29, 0.717) is 49.9 Å². The zero-order valence-corrected chi connectivity index (χ0v) is 28.2. The predicted octanol–water partition coefficient (Wildman–Crippen LogP) is 6.55. The number of carbonyl (C=O) groups is 1. The summed E-state index contributed by atoms with van der Waals surface area (Å²) in [5.74, 6) is 1.89. The first-order valence-corrected chi connectivity index (χ1v) is 17.2. The Balaban J connectivity index is 1.07. The summed E-state index contributed by atoms with van der Waals surface area (Å²) in [5, 5.41) is 15.4. The Hall–Kier alpha value is -5.09. The van der Waals surface area contributed by atoms with E-state index < -0.39 is 6.09 Å². The van der Waals surface area contributed by atoms with Crippen LogP contribution in [0.2, 0.25) is 0 Å². The van der Waals surface area contributed by atoms with Crippen molar-refractivity contribution >= 4 is 22.7 Å². The number of carboxylic acid groups (broad SMARTS) is 1. The van der Waals surface area contributed by atoms with Crippen LogP contribution in [0.1, 0.15) is 24.5 Å². The molecule has 2 atom stereocenters. The number of rotatable bonds is 10. The lowest BCUT2D eigenvalue weighted by Gasteiger charge is -2.41. The lowest BCUT2D eigenvalue weighted by molar-refractivity contribution is 0.0836. The Morgan fingerprint density at radius 1 is 0.857 bits per heavy atom. The molecule has 1 amide bonds. The zero-order valence-electron chi connectivity index (χ0n) is 28.2. The SMILES string of the molecule is C[C@H]1CN(C(=O)O)CC[C@H]1CN1CCN(c2ccc3c(-c4ccc(OCc5ccccc5)nc4OCc4ccccc4)nn(C)c3c2)CC1. The van der Waals surface area contributed by atoms with Crippen molar-refractivity contribution < 1.29 is 19.4 Å². The fraction of sp³-hybridized carbons (Fsp3) is 0.359. The van der Waals surface area contributed by atoms with Crippen LogP contribution in [-0.2, 0) is 20.3 Å². The number of aromatic nitrogens is 3. The third-order valence-corrected chi connectivity index (χ3v) is 9.96. The Labute approximate surface area is 287 Å². The molecule has 2 saturated heterocycles. The van der Waals surface area contributed by atoms with Gasteiger partial charge in [0, 0.05) is 70.0 Å². The molecule has 0 unspecified atom stereocenters. The standard InChI is InChI=1S/C39H44N6O4/c1-28-24-45(39(46)47)18-17-31(28)25-43-19-21-44(22-20-43)32-13-14-33-35(23-32)42(2)41-37(33)34-15-16-36(48-26-29-9-5-3-6-10-29)40-38(34)49-27-30-11-7-4-8-12-30/h3-16,23,28,31H,17-22,24-27H2,1-2H3,(H,46,47)/t28-,31-/m0/s1. The summed E-state index contributed by atoms with van der Waals surface area (Å²) in [6.07, 6.45) is 0.137. The van der Waals surface area contributed by atoms with Crippen molar-refractivity contribution in [1.82, 2.24) is 24.6 Å². The molecule has 0 aliphatic carbocycles. The van der Waals surface area contributed by atoms with Crippen molar-refractivity contribution in [3.63, 3.8) is 0 Å². The molecule has 3 aromatic carbocycles. The third-order valence-electron chi connectivity index (χ3n) is 9.96. The van der Waals surface area contributed by atoms with Crippen molar-refractivity contribution in [3.05, 3.63) is 102 Å². The van der Waals surface area contributed by atoms with E-state index in [1.54, 1.807) is 4.90 Å². The van der Waals surface area contributed by atoms with Crippen LogP contribution in [0.25, 0.3) is 22.2 Å². The largest absolute Gasteiger partial charge is 0.473 e. The summed E-state index contributed by atoms with van der Waals surface area (Å²) < 4.78 is 14.4. The molecule has 2 fully saturated rings. The number of fused-ring (bicyclic) bond motifs is 1. The number of hydrogen-bond donors (Lipinski definition) is 1. The van der Waals surface area contributed by atoms with Crippen LogP contribution in [0.5, 0.6) is 11.8 Å². The van der Waals surface area contributed by atoms with Crippen molar-refractivity contribution in [1.29, 1.82) is 0 Å². The van der Waals surface area contributed by atoms with Gasteiger partial charge in [-0.05, 0) is 53.6 Å². The van der Waals surface area contributed by atoms with Crippen LogP contribution >= 0.6 is 0 Å². The minimum absolute atomic E-state index is 0.377. The summed E-state index contributed by atoms with van der Waals surface area (Å²) in [5.41, 5.74) is 6.00. The molecule has 10 nitrogen and oxygen atoms in total. The highest BCUT2D eigenvalue weighted by Crippen LogP contribution is 2.37. The van der Waals surface area contributed by atoms with E-state index in [1.807, 2.05) is 84.5 Å². The van der Waals surface area contributed by atoms with Gasteiger partial charge in [0.1, 0.15) is 18.9 Å². The normalized spacial score (nSPS) is 18.5. The Morgan fingerprint density at radius 2 is 1.55 bits per heavy atom. The van der Waals surface area contributed by atoms with Crippen LogP contribution in [0.3, 0.4) is 0 Å². The topological polar surface area (TPSA) is 96.2 Å². The molecule has 49 heavy (non-hydrogen) atoms. The smallest absolute Gasteiger partial charge is 0.407 e. The van der Waals surface area contributed by atoms with E-state index in [2.05, 4.69) is 34.9 Å². The summed E-state index contributed by atoms with van der Waals surface area (Å²) in [7, 11) is 1.99. The molecule has 2 aliphatic heterocycles. The number of anilines is 1. The van der Waals surface area contributed by atoms with Crippen LogP contribution in [0.4, 0.5) is 10.5 Å². The van der Waals surface area contributed by atoms with Crippen LogP contribution in [0.15, 0.2) is 91.0 Å². The predicted molar refractivity (Wildman–Crippen MR) is 191 cm³/mol. The Bertz CT molecular complexity index is 1870. The molecular formula is C39H44N6O4. The molecule has 5 aromatic rings. The highest BCUT2D eigenvalue weighted by molar-refractivity contribution is 5.96. The van der Waals surface area contributed by atoms with Gasteiger partial charge in [-0.25, -0.2) is 4.79 Å². The highest BCUT2D eigenvalue weighted by atomic mass is 16.5. The van der Waals surface area contributed by atoms with Crippen LogP contribution in [-0.4, -0.2) is 81.6 Å². The Morgan fingerprint density at radius 3 is 2.22 bits per heavy atom. The molecule has 254 valence electrons. The molecule has 1 N–H and O–H groups in total.